The molecule has 0 aliphatic carbocycles. The quantitative estimate of drug-likeness (QED) is 0.420. The van der Waals surface area contributed by atoms with E-state index in [4.69, 9.17) is 9.47 Å². The number of aromatic nitrogens is 2. The van der Waals surface area contributed by atoms with Crippen LogP contribution in [-0.4, -0.2) is 35.7 Å². The number of carbonyl (C=O) groups excluding carboxylic acids is 1. The van der Waals surface area contributed by atoms with Crippen molar-refractivity contribution < 1.29 is 14.3 Å². The maximum absolute atomic E-state index is 11.7. The molecule has 1 aromatic carbocycles. The van der Waals surface area contributed by atoms with E-state index in [1.165, 1.54) is 26.0 Å². The number of nitrogens with zero attached hydrogens (tertiary/aromatic N) is 2. The SMILES string of the molecule is CCC(c1ccccc1)C(C=O)Sc1nc(OC)cc(OC)n1. The molecule has 6 heteroatoms. The predicted octanol–water partition coefficient (Wildman–Crippen LogP) is 3.35. The summed E-state index contributed by atoms with van der Waals surface area (Å²) in [5.74, 6) is 0.924. The number of methoxy groups -OCH3 is 2. The molecule has 2 unspecified atom stereocenters. The number of carbonyl (C=O) groups is 1. The third kappa shape index (κ3) is 4.45. The molecule has 2 atom stereocenters. The van der Waals surface area contributed by atoms with Crippen LogP contribution >= 0.6 is 11.8 Å². The molecular formula is C17H20N2O3S. The van der Waals surface area contributed by atoms with Gasteiger partial charge >= 0.3 is 0 Å². The van der Waals surface area contributed by atoms with Crippen LogP contribution in [0.2, 0.25) is 0 Å². The smallest absolute Gasteiger partial charge is 0.220 e. The Kier molecular flexibility index (Phi) is 6.40. The van der Waals surface area contributed by atoms with Gasteiger partial charge in [0.05, 0.1) is 25.5 Å². The summed E-state index contributed by atoms with van der Waals surface area (Å²) in [6.45, 7) is 2.07. The first-order valence-electron chi connectivity index (χ1n) is 7.35. The molecular weight excluding hydrogens is 312 g/mol. The fourth-order valence-electron chi connectivity index (χ4n) is 2.33. The third-order valence-corrected chi connectivity index (χ3v) is 4.62. The second-order valence-corrected chi connectivity index (χ2v) is 6.02. The molecule has 23 heavy (non-hydrogen) atoms. The molecule has 2 rings (SSSR count). The minimum Gasteiger partial charge on any atom is -0.481 e. The maximum atomic E-state index is 11.7. The molecule has 122 valence electrons. The largest absolute Gasteiger partial charge is 0.481 e. The zero-order chi connectivity index (χ0) is 16.7. The number of rotatable bonds is 8. The fourth-order valence-corrected chi connectivity index (χ4v) is 3.43. The molecule has 0 aliphatic rings. The second-order valence-electron chi connectivity index (χ2n) is 4.88. The van der Waals surface area contributed by atoms with Gasteiger partial charge in [-0.2, -0.15) is 9.97 Å². The lowest BCUT2D eigenvalue weighted by atomic mass is 9.93. The zero-order valence-corrected chi connectivity index (χ0v) is 14.2. The van der Waals surface area contributed by atoms with Gasteiger partial charge in [-0.25, -0.2) is 0 Å². The highest BCUT2D eigenvalue weighted by molar-refractivity contribution is 8.00. The van der Waals surface area contributed by atoms with Crippen LogP contribution in [0.3, 0.4) is 0 Å². The van der Waals surface area contributed by atoms with Crippen molar-refractivity contribution in [2.45, 2.75) is 29.7 Å². The van der Waals surface area contributed by atoms with Crippen LogP contribution in [0.5, 0.6) is 11.8 Å². The standard InChI is InChI=1S/C17H20N2O3S/c1-4-13(12-8-6-5-7-9-12)14(11-20)23-17-18-15(21-2)10-16(19-17)22-3/h5-11,13-14H,4H2,1-3H3. The second kappa shape index (κ2) is 8.53. The molecule has 0 N–H and O–H groups in total. The number of benzene rings is 1. The first-order valence-corrected chi connectivity index (χ1v) is 8.23. The molecule has 0 aliphatic heterocycles. The van der Waals surface area contributed by atoms with Gasteiger partial charge in [0.25, 0.3) is 0 Å². The van der Waals surface area contributed by atoms with Crippen molar-refractivity contribution in [3.8, 4) is 11.8 Å². The Bertz CT molecular complexity index is 615. The molecule has 0 amide bonds. The molecule has 0 saturated heterocycles. The predicted molar refractivity (Wildman–Crippen MR) is 90.3 cm³/mol. The molecule has 0 spiro atoms. The molecule has 0 saturated carbocycles. The van der Waals surface area contributed by atoms with Crippen molar-refractivity contribution in [1.82, 2.24) is 9.97 Å². The first kappa shape index (κ1) is 17.3. The van der Waals surface area contributed by atoms with E-state index >= 15 is 0 Å². The lowest BCUT2D eigenvalue weighted by Crippen LogP contribution is -2.17. The van der Waals surface area contributed by atoms with E-state index in [9.17, 15) is 4.79 Å². The van der Waals surface area contributed by atoms with Crippen LogP contribution in [-0.2, 0) is 4.79 Å². The number of aldehydes is 1. The molecule has 5 nitrogen and oxygen atoms in total. The number of thioether (sulfide) groups is 1. The van der Waals surface area contributed by atoms with Crippen molar-refractivity contribution in [1.29, 1.82) is 0 Å². The Hall–Kier alpha value is -2.08. The van der Waals surface area contributed by atoms with Gasteiger partial charge < -0.3 is 14.3 Å². The minimum absolute atomic E-state index is 0.0968. The summed E-state index contributed by atoms with van der Waals surface area (Å²) in [5, 5.41) is 0.187. The van der Waals surface area contributed by atoms with Crippen molar-refractivity contribution in [2.75, 3.05) is 14.2 Å². The summed E-state index contributed by atoms with van der Waals surface area (Å²) in [7, 11) is 3.07. The van der Waals surface area contributed by atoms with E-state index in [1.54, 1.807) is 6.07 Å². The Morgan fingerprint density at radius 2 is 1.74 bits per heavy atom. The molecule has 1 heterocycles. The topological polar surface area (TPSA) is 61.3 Å². The third-order valence-electron chi connectivity index (χ3n) is 3.52. The van der Waals surface area contributed by atoms with Crippen molar-refractivity contribution in [3.05, 3.63) is 42.0 Å². The van der Waals surface area contributed by atoms with E-state index in [2.05, 4.69) is 16.9 Å². The van der Waals surface area contributed by atoms with Gasteiger partial charge in [-0.1, -0.05) is 49.0 Å². The fraction of sp³-hybridized carbons (Fsp3) is 0.353. The highest BCUT2D eigenvalue weighted by Crippen LogP contribution is 2.34. The average Bonchev–Trinajstić information content (AvgIpc) is 2.61. The Balaban J connectivity index is 2.26. The molecule has 0 bridgehead atoms. The molecule has 0 radical (unpaired) electrons. The highest BCUT2D eigenvalue weighted by Gasteiger charge is 2.24. The van der Waals surface area contributed by atoms with Crippen LogP contribution in [0.25, 0.3) is 0 Å². The Labute approximate surface area is 140 Å². The van der Waals surface area contributed by atoms with Gasteiger partial charge in [0.2, 0.25) is 11.8 Å². The monoisotopic (exact) mass is 332 g/mol. The number of ether oxygens (including phenoxy) is 2. The average molecular weight is 332 g/mol. The summed E-state index contributed by atoms with van der Waals surface area (Å²) < 4.78 is 10.3. The Morgan fingerprint density at radius 1 is 1.13 bits per heavy atom. The van der Waals surface area contributed by atoms with Gasteiger partial charge in [-0.15, -0.1) is 0 Å². The lowest BCUT2D eigenvalue weighted by molar-refractivity contribution is -0.107. The van der Waals surface area contributed by atoms with Crippen LogP contribution in [0.15, 0.2) is 41.6 Å². The van der Waals surface area contributed by atoms with Gasteiger partial charge in [0, 0.05) is 5.92 Å². The summed E-state index contributed by atoms with van der Waals surface area (Å²) in [6.07, 6.45) is 1.81. The molecule has 1 aromatic heterocycles. The van der Waals surface area contributed by atoms with E-state index < -0.39 is 0 Å². The lowest BCUT2D eigenvalue weighted by Gasteiger charge is -2.21. The van der Waals surface area contributed by atoms with Gasteiger partial charge in [-0.3, -0.25) is 0 Å². The van der Waals surface area contributed by atoms with Crippen molar-refractivity contribution in [2.24, 2.45) is 0 Å². The summed E-state index contributed by atoms with van der Waals surface area (Å²) in [5.41, 5.74) is 1.13. The normalized spacial score (nSPS) is 13.2. The minimum atomic E-state index is -0.279. The van der Waals surface area contributed by atoms with Crippen LogP contribution in [0, 0.1) is 0 Å². The summed E-state index contributed by atoms with van der Waals surface area (Å²) in [4.78, 5) is 20.2. The van der Waals surface area contributed by atoms with E-state index in [1.807, 2.05) is 30.3 Å². The first-order chi connectivity index (χ1) is 11.2. The van der Waals surface area contributed by atoms with E-state index in [0.29, 0.717) is 16.9 Å². The van der Waals surface area contributed by atoms with E-state index in [0.717, 1.165) is 18.3 Å². The Morgan fingerprint density at radius 3 is 2.22 bits per heavy atom. The van der Waals surface area contributed by atoms with Gasteiger partial charge in [0.1, 0.15) is 6.29 Å². The van der Waals surface area contributed by atoms with Crippen molar-refractivity contribution in [3.63, 3.8) is 0 Å². The van der Waals surface area contributed by atoms with Gasteiger partial charge in [0.15, 0.2) is 5.16 Å². The van der Waals surface area contributed by atoms with Crippen molar-refractivity contribution >= 4 is 18.0 Å². The maximum Gasteiger partial charge on any atom is 0.220 e. The summed E-state index contributed by atoms with van der Waals surface area (Å²) >= 11 is 1.33. The van der Waals surface area contributed by atoms with Crippen LogP contribution < -0.4 is 9.47 Å². The summed E-state index contributed by atoms with van der Waals surface area (Å²) in [6, 6.07) is 11.6. The number of hydrogen-bond donors (Lipinski definition) is 0. The van der Waals surface area contributed by atoms with Gasteiger partial charge in [-0.05, 0) is 12.0 Å². The van der Waals surface area contributed by atoms with Crippen LogP contribution in [0.1, 0.15) is 24.8 Å². The molecule has 0 fully saturated rings. The number of hydrogen-bond acceptors (Lipinski definition) is 6. The van der Waals surface area contributed by atoms with E-state index in [-0.39, 0.29) is 11.2 Å². The van der Waals surface area contributed by atoms with Crippen LogP contribution in [0.4, 0.5) is 0 Å². The molecule has 2 aromatic rings. The highest BCUT2D eigenvalue weighted by atomic mass is 32.2. The zero-order valence-electron chi connectivity index (χ0n) is 13.4.